The van der Waals surface area contributed by atoms with Crippen LogP contribution < -0.4 is 5.32 Å². The van der Waals surface area contributed by atoms with Crippen LogP contribution in [0.3, 0.4) is 0 Å². The predicted molar refractivity (Wildman–Crippen MR) is 82.4 cm³/mol. The fourth-order valence-electron chi connectivity index (χ4n) is 2.28. The molecule has 0 heterocycles. The molecule has 1 atom stereocenters. The summed E-state index contributed by atoms with van der Waals surface area (Å²) in [6.07, 6.45) is 2.37. The van der Waals surface area contributed by atoms with Crippen molar-refractivity contribution in [2.24, 2.45) is 5.92 Å². The summed E-state index contributed by atoms with van der Waals surface area (Å²) in [6.45, 7) is 2.92. The molecule has 1 aliphatic carbocycles. The molecule has 4 heteroatoms. The minimum Gasteiger partial charge on any atom is -0.299 e. The average Bonchev–Trinajstić information content (AvgIpc) is 3.25. The van der Waals surface area contributed by atoms with E-state index in [2.05, 4.69) is 18.3 Å². The molecule has 0 saturated heterocycles. The van der Waals surface area contributed by atoms with Crippen molar-refractivity contribution in [2.75, 3.05) is 12.3 Å². The molecule has 0 radical (unpaired) electrons. The molecular weight excluding hydrogens is 276 g/mol. The molecule has 2 nitrogen and oxygen atoms in total. The van der Waals surface area contributed by atoms with Crippen molar-refractivity contribution in [3.63, 3.8) is 0 Å². The molecule has 0 spiro atoms. The van der Waals surface area contributed by atoms with Crippen LogP contribution in [-0.4, -0.2) is 17.8 Å². The molecule has 1 aromatic carbocycles. The monoisotopic (exact) mass is 294 g/mol. The molecule has 0 aliphatic heterocycles. The van der Waals surface area contributed by atoms with Crippen molar-refractivity contribution in [3.05, 3.63) is 34.9 Å². The van der Waals surface area contributed by atoms with Gasteiger partial charge in [-0.3, -0.25) is 5.32 Å². The Labute approximate surface area is 124 Å². The molecule has 0 bridgehead atoms. The highest BCUT2D eigenvalue weighted by molar-refractivity contribution is 7.98. The maximum atomic E-state index is 9.51. The Morgan fingerprint density at radius 3 is 2.63 bits per heavy atom. The van der Waals surface area contributed by atoms with Crippen LogP contribution in [0.15, 0.2) is 24.3 Å². The summed E-state index contributed by atoms with van der Waals surface area (Å²) < 4.78 is 0. The van der Waals surface area contributed by atoms with Crippen molar-refractivity contribution in [1.82, 2.24) is 5.32 Å². The zero-order chi connectivity index (χ0) is 13.7. The minimum atomic E-state index is -0.328. The maximum absolute atomic E-state index is 9.51. The lowest BCUT2D eigenvalue weighted by atomic mass is 9.98. The van der Waals surface area contributed by atoms with Crippen LogP contribution in [0.25, 0.3) is 0 Å². The van der Waals surface area contributed by atoms with Crippen LogP contribution in [0.1, 0.15) is 25.3 Å². The van der Waals surface area contributed by atoms with Crippen molar-refractivity contribution < 1.29 is 0 Å². The number of hydrogen-bond acceptors (Lipinski definition) is 3. The van der Waals surface area contributed by atoms with Crippen molar-refractivity contribution in [1.29, 1.82) is 5.26 Å². The van der Waals surface area contributed by atoms with Gasteiger partial charge in [-0.2, -0.15) is 17.0 Å². The second-order valence-electron chi connectivity index (χ2n) is 5.01. The van der Waals surface area contributed by atoms with E-state index in [1.54, 1.807) is 0 Å². The second kappa shape index (κ2) is 6.65. The second-order valence-corrected chi connectivity index (χ2v) is 6.43. The lowest BCUT2D eigenvalue weighted by Crippen LogP contribution is -2.48. The number of nitrogens with zero attached hydrogens (tertiary/aromatic N) is 1. The van der Waals surface area contributed by atoms with Gasteiger partial charge in [-0.25, -0.2) is 0 Å². The molecule has 0 aromatic heterocycles. The third-order valence-electron chi connectivity index (χ3n) is 3.48. The fourth-order valence-corrected chi connectivity index (χ4v) is 3.66. The number of nitrogens with one attached hydrogen (secondary N) is 1. The standard InChI is InChI=1S/C15H19ClN2S/c1-2-18-15(10-17,13-5-6-13)11-19-9-12-3-7-14(16)8-4-12/h3-4,7-8,13,18H,2,5-6,9,11H2,1H3. The molecule has 2 rings (SSSR count). The number of hydrogen-bond donors (Lipinski definition) is 1. The molecule has 0 amide bonds. The summed E-state index contributed by atoms with van der Waals surface area (Å²) >= 11 is 7.70. The lowest BCUT2D eigenvalue weighted by molar-refractivity contribution is 0.416. The van der Waals surface area contributed by atoms with Gasteiger partial charge in [0.1, 0.15) is 5.54 Å². The van der Waals surface area contributed by atoms with E-state index < -0.39 is 0 Å². The van der Waals surface area contributed by atoms with Crippen LogP contribution in [0.2, 0.25) is 5.02 Å². The third kappa shape index (κ3) is 3.89. The zero-order valence-electron chi connectivity index (χ0n) is 11.2. The Kier molecular flexibility index (Phi) is 5.15. The maximum Gasteiger partial charge on any atom is 0.118 e. The topological polar surface area (TPSA) is 35.8 Å². The normalized spacial score (nSPS) is 17.7. The van der Waals surface area contributed by atoms with Crippen LogP contribution >= 0.6 is 23.4 Å². The Morgan fingerprint density at radius 1 is 1.42 bits per heavy atom. The van der Waals surface area contributed by atoms with E-state index in [4.69, 9.17) is 11.6 Å². The van der Waals surface area contributed by atoms with E-state index in [1.807, 2.05) is 36.0 Å². The molecule has 102 valence electrons. The summed E-state index contributed by atoms with van der Waals surface area (Å²) in [7, 11) is 0. The highest BCUT2D eigenvalue weighted by Crippen LogP contribution is 2.41. The van der Waals surface area contributed by atoms with Gasteiger partial charge in [0.25, 0.3) is 0 Å². The van der Waals surface area contributed by atoms with Crippen molar-refractivity contribution in [2.45, 2.75) is 31.1 Å². The summed E-state index contributed by atoms with van der Waals surface area (Å²) in [5, 5.41) is 13.7. The smallest absolute Gasteiger partial charge is 0.118 e. The lowest BCUT2D eigenvalue weighted by Gasteiger charge is -2.27. The molecular formula is C15H19ClN2S. The van der Waals surface area contributed by atoms with Crippen LogP contribution in [0, 0.1) is 17.2 Å². The van der Waals surface area contributed by atoms with E-state index in [9.17, 15) is 5.26 Å². The Hall–Kier alpha value is -0.690. The highest BCUT2D eigenvalue weighted by Gasteiger charge is 2.44. The van der Waals surface area contributed by atoms with Gasteiger partial charge < -0.3 is 0 Å². The molecule has 1 saturated carbocycles. The Bertz CT molecular complexity index is 450. The quantitative estimate of drug-likeness (QED) is 0.829. The summed E-state index contributed by atoms with van der Waals surface area (Å²) in [5.41, 5.74) is 0.930. The van der Waals surface area contributed by atoms with Gasteiger partial charge >= 0.3 is 0 Å². The zero-order valence-corrected chi connectivity index (χ0v) is 12.7. The summed E-state index contributed by atoms with van der Waals surface area (Å²) in [6, 6.07) is 10.5. The Balaban J connectivity index is 1.89. The van der Waals surface area contributed by atoms with Crippen LogP contribution in [0.5, 0.6) is 0 Å². The SMILES string of the molecule is CCNC(C#N)(CSCc1ccc(Cl)cc1)C1CC1. The first-order valence-corrected chi connectivity index (χ1v) is 8.22. The van der Waals surface area contributed by atoms with E-state index in [1.165, 1.54) is 18.4 Å². The number of benzene rings is 1. The average molecular weight is 295 g/mol. The molecule has 1 aliphatic rings. The van der Waals surface area contributed by atoms with Gasteiger partial charge in [0.15, 0.2) is 0 Å². The van der Waals surface area contributed by atoms with E-state index in [0.29, 0.717) is 5.92 Å². The van der Waals surface area contributed by atoms with E-state index in [0.717, 1.165) is 23.1 Å². The first-order chi connectivity index (χ1) is 9.20. The molecule has 1 aromatic rings. The Morgan fingerprint density at radius 2 is 2.11 bits per heavy atom. The molecule has 1 unspecified atom stereocenters. The number of rotatable bonds is 7. The van der Waals surface area contributed by atoms with Crippen LogP contribution in [-0.2, 0) is 5.75 Å². The van der Waals surface area contributed by atoms with Crippen molar-refractivity contribution >= 4 is 23.4 Å². The van der Waals surface area contributed by atoms with Gasteiger partial charge in [0.05, 0.1) is 6.07 Å². The van der Waals surface area contributed by atoms with E-state index in [-0.39, 0.29) is 5.54 Å². The molecule has 1 fully saturated rings. The fraction of sp³-hybridized carbons (Fsp3) is 0.533. The largest absolute Gasteiger partial charge is 0.299 e. The summed E-state index contributed by atoms with van der Waals surface area (Å²) in [5.74, 6) is 2.32. The highest BCUT2D eigenvalue weighted by atomic mass is 35.5. The van der Waals surface area contributed by atoms with Gasteiger partial charge in [0.2, 0.25) is 0 Å². The van der Waals surface area contributed by atoms with E-state index >= 15 is 0 Å². The number of thioether (sulfide) groups is 1. The predicted octanol–water partition coefficient (Wildman–Crippen LogP) is 3.86. The van der Waals surface area contributed by atoms with Crippen molar-refractivity contribution in [3.8, 4) is 6.07 Å². The van der Waals surface area contributed by atoms with Gasteiger partial charge in [-0.15, -0.1) is 0 Å². The summed E-state index contributed by atoms with van der Waals surface area (Å²) in [4.78, 5) is 0. The van der Waals surface area contributed by atoms with Crippen LogP contribution in [0.4, 0.5) is 0 Å². The first-order valence-electron chi connectivity index (χ1n) is 6.68. The third-order valence-corrected chi connectivity index (χ3v) is 4.93. The van der Waals surface area contributed by atoms with Gasteiger partial charge in [0, 0.05) is 16.5 Å². The first kappa shape index (κ1) is 14.7. The molecule has 19 heavy (non-hydrogen) atoms. The van der Waals surface area contributed by atoms with Gasteiger partial charge in [-0.05, 0) is 43.0 Å². The van der Waals surface area contributed by atoms with Gasteiger partial charge in [-0.1, -0.05) is 30.7 Å². The number of halogens is 1. The molecule has 1 N–H and O–H groups in total. The number of nitriles is 1. The minimum absolute atomic E-state index is 0.328.